The van der Waals surface area contributed by atoms with Gasteiger partial charge in [0.05, 0.1) is 6.42 Å². The third-order valence-electron chi connectivity index (χ3n) is 4.45. The Morgan fingerprint density at radius 3 is 1.67 bits per heavy atom. The van der Waals surface area contributed by atoms with Crippen molar-refractivity contribution in [3.63, 3.8) is 0 Å². The first-order valence-electron chi connectivity index (χ1n) is 9.37. The highest BCUT2D eigenvalue weighted by Crippen LogP contribution is 2.40. The van der Waals surface area contributed by atoms with Crippen LogP contribution in [-0.4, -0.2) is 100 Å². The molecule has 2 atom stereocenters. The molecule has 1 aromatic rings. The van der Waals surface area contributed by atoms with Crippen LogP contribution in [0.2, 0.25) is 0 Å². The molecule has 0 fully saturated rings. The highest BCUT2D eigenvalue weighted by molar-refractivity contribution is 7.52. The highest BCUT2D eigenvalue weighted by atomic mass is 31.2. The zero-order chi connectivity index (χ0) is 25.4. The summed E-state index contributed by atoms with van der Waals surface area (Å²) in [6, 6.07) is 4.67. The summed E-state index contributed by atoms with van der Waals surface area (Å²) in [6.45, 7) is -1.12. The van der Waals surface area contributed by atoms with Crippen LogP contribution in [0.1, 0.15) is 12.0 Å². The molecule has 0 bridgehead atoms. The van der Waals surface area contributed by atoms with Crippen molar-refractivity contribution in [3.05, 3.63) is 35.9 Å². The van der Waals surface area contributed by atoms with Gasteiger partial charge in [0, 0.05) is 13.1 Å². The Bertz CT molecular complexity index is 892. The van der Waals surface area contributed by atoms with Crippen molar-refractivity contribution >= 4 is 33.1 Å². The van der Waals surface area contributed by atoms with Crippen LogP contribution in [0.15, 0.2) is 30.3 Å². The molecule has 0 aliphatic carbocycles. The van der Waals surface area contributed by atoms with E-state index in [0.29, 0.717) is 10.5 Å². The van der Waals surface area contributed by atoms with Crippen molar-refractivity contribution in [2.45, 2.75) is 24.9 Å². The second kappa shape index (κ2) is 12.4. The largest absolute Gasteiger partial charge is 0.481 e. The smallest absolute Gasteiger partial charge is 0.339 e. The fourth-order valence-electron chi connectivity index (χ4n) is 3.19. The minimum absolute atomic E-state index is 0.226. The molecule has 0 heterocycles. The third kappa shape index (κ3) is 11.5. The summed E-state index contributed by atoms with van der Waals surface area (Å²) >= 11 is 0. The molecule has 0 aliphatic rings. The van der Waals surface area contributed by atoms with Gasteiger partial charge < -0.3 is 34.9 Å². The maximum Gasteiger partial charge on any atom is 0.339 e. The molecule has 14 nitrogen and oxygen atoms in total. The van der Waals surface area contributed by atoms with Gasteiger partial charge in [-0.25, -0.2) is 0 Å². The van der Waals surface area contributed by atoms with E-state index in [9.17, 15) is 53.3 Å². The zero-order valence-corrected chi connectivity index (χ0v) is 19.0. The highest BCUT2D eigenvalue weighted by Gasteiger charge is 2.37. The molecule has 7 N–H and O–H groups in total. The lowest BCUT2D eigenvalue weighted by molar-refractivity contribution is -0.155. The van der Waals surface area contributed by atoms with Crippen molar-refractivity contribution in [1.82, 2.24) is 9.80 Å². The van der Waals surface area contributed by atoms with Crippen molar-refractivity contribution < 1.29 is 58.4 Å². The lowest BCUT2D eigenvalue weighted by atomic mass is 10.0. The Labute approximate surface area is 188 Å². The molecule has 0 amide bonds. The Kier molecular flexibility index (Phi) is 10.8. The summed E-state index contributed by atoms with van der Waals surface area (Å²) in [4.78, 5) is 73.3. The van der Waals surface area contributed by atoms with Crippen molar-refractivity contribution in [2.24, 2.45) is 0 Å². The number of hydrogen-bond acceptors (Lipinski definition) is 7. The molecule has 0 aliphatic heterocycles. The molecule has 16 heteroatoms. The van der Waals surface area contributed by atoms with Crippen LogP contribution in [0.25, 0.3) is 0 Å². The van der Waals surface area contributed by atoms with E-state index in [-0.39, 0.29) is 6.42 Å². The maximum atomic E-state index is 12.0. The number of rotatable bonds is 15. The quantitative estimate of drug-likeness (QED) is 0.147. The van der Waals surface area contributed by atoms with Gasteiger partial charge in [-0.2, -0.15) is 0 Å². The molecule has 2 unspecified atom stereocenters. The van der Waals surface area contributed by atoms with E-state index in [4.69, 9.17) is 5.11 Å². The molecule has 0 radical (unpaired) electrons. The van der Waals surface area contributed by atoms with Gasteiger partial charge in [-0.1, -0.05) is 30.3 Å². The van der Waals surface area contributed by atoms with Gasteiger partial charge >= 0.3 is 33.1 Å². The van der Waals surface area contributed by atoms with E-state index in [1.165, 1.54) is 0 Å². The number of carbonyl (C=O) groups is 3. The Hall–Kier alpha value is -2.15. The van der Waals surface area contributed by atoms with E-state index >= 15 is 0 Å². The predicted molar refractivity (Wildman–Crippen MR) is 112 cm³/mol. The topological polar surface area (TPSA) is 233 Å². The molecule has 186 valence electrons. The lowest BCUT2D eigenvalue weighted by Gasteiger charge is -2.35. The van der Waals surface area contributed by atoms with Gasteiger partial charge in [0.15, 0.2) is 0 Å². The van der Waals surface area contributed by atoms with Crippen LogP contribution in [0.4, 0.5) is 0 Å². The maximum absolute atomic E-state index is 12.0. The number of carboxylic acid groups (broad SMARTS) is 3. The summed E-state index contributed by atoms with van der Waals surface area (Å²) in [5.74, 6) is -4.65. The minimum Gasteiger partial charge on any atom is -0.481 e. The Morgan fingerprint density at radius 1 is 0.788 bits per heavy atom. The van der Waals surface area contributed by atoms with Crippen LogP contribution in [-0.2, 0) is 29.9 Å². The Balaban J connectivity index is 3.32. The zero-order valence-electron chi connectivity index (χ0n) is 17.2. The molecular formula is C17H26N2O12P2. The average Bonchev–Trinajstić information content (AvgIpc) is 2.63. The lowest BCUT2D eigenvalue weighted by Crippen LogP contribution is -2.54. The number of aliphatic carboxylic acids is 3. The van der Waals surface area contributed by atoms with Crippen LogP contribution in [0, 0.1) is 0 Å². The molecule has 0 saturated heterocycles. The Morgan fingerprint density at radius 2 is 1.27 bits per heavy atom. The van der Waals surface area contributed by atoms with Gasteiger partial charge in [0.2, 0.25) is 0 Å². The first-order valence-corrected chi connectivity index (χ1v) is 13.0. The number of nitrogens with zero attached hydrogens (tertiary/aromatic N) is 2. The first-order chi connectivity index (χ1) is 15.1. The molecule has 33 heavy (non-hydrogen) atoms. The molecule has 0 saturated carbocycles. The van der Waals surface area contributed by atoms with Crippen LogP contribution >= 0.6 is 15.2 Å². The fourth-order valence-corrected chi connectivity index (χ4v) is 4.87. The standard InChI is InChI=1S/C17H26N2O12P2/c20-15(21)9-14(17(24)25)19(13(16(22)23)8-12-4-2-1-3-5-12)7-6-18(10-32(26,27)28)11-33(29,30)31/h1-5,13-14H,6-11H2,(H,20,21)(H,22,23)(H,24,25)(H2,26,27,28)(H2,29,30,31). The van der Waals surface area contributed by atoms with E-state index < -0.39 is 77.3 Å². The van der Waals surface area contributed by atoms with E-state index in [1.807, 2.05) is 0 Å². The third-order valence-corrected chi connectivity index (χ3v) is 5.99. The van der Waals surface area contributed by atoms with Gasteiger partial charge in [-0.15, -0.1) is 0 Å². The normalized spacial score (nSPS) is 14.2. The summed E-state index contributed by atoms with van der Waals surface area (Å²) in [5.41, 5.74) is 0.497. The van der Waals surface area contributed by atoms with Gasteiger partial charge in [-0.3, -0.25) is 33.3 Å². The van der Waals surface area contributed by atoms with Crippen LogP contribution in [0.3, 0.4) is 0 Å². The van der Waals surface area contributed by atoms with Crippen LogP contribution < -0.4 is 0 Å². The minimum atomic E-state index is -4.79. The number of benzene rings is 1. The van der Waals surface area contributed by atoms with E-state index in [0.717, 1.165) is 4.90 Å². The average molecular weight is 512 g/mol. The summed E-state index contributed by atoms with van der Waals surface area (Å²) < 4.78 is 22.7. The molecule has 1 rings (SSSR count). The monoisotopic (exact) mass is 512 g/mol. The fraction of sp³-hybridized carbons (Fsp3) is 0.471. The van der Waals surface area contributed by atoms with Gasteiger partial charge in [-0.05, 0) is 12.0 Å². The van der Waals surface area contributed by atoms with E-state index in [1.54, 1.807) is 30.3 Å². The van der Waals surface area contributed by atoms with Gasteiger partial charge in [0.1, 0.15) is 24.7 Å². The second-order valence-electron chi connectivity index (χ2n) is 7.24. The van der Waals surface area contributed by atoms with Crippen molar-refractivity contribution in [2.75, 3.05) is 25.7 Å². The molecule has 0 spiro atoms. The second-order valence-corrected chi connectivity index (χ2v) is 10.5. The first kappa shape index (κ1) is 28.9. The SMILES string of the molecule is O=C(O)CC(C(=O)O)N(CCN(CP(=O)(O)O)CP(=O)(O)O)C(Cc1ccccc1)C(=O)O. The predicted octanol–water partition coefficient (Wildman–Crippen LogP) is -0.515. The molecule has 0 aromatic heterocycles. The van der Waals surface area contributed by atoms with Crippen molar-refractivity contribution in [3.8, 4) is 0 Å². The van der Waals surface area contributed by atoms with Gasteiger partial charge in [0.25, 0.3) is 0 Å². The summed E-state index contributed by atoms with van der Waals surface area (Å²) in [7, 11) is -9.59. The molecule has 1 aromatic carbocycles. The summed E-state index contributed by atoms with van der Waals surface area (Å²) in [6.07, 6.45) is -3.38. The van der Waals surface area contributed by atoms with Crippen LogP contribution in [0.5, 0.6) is 0 Å². The molecular weight excluding hydrogens is 486 g/mol. The number of carboxylic acids is 3. The van der Waals surface area contributed by atoms with Crippen molar-refractivity contribution in [1.29, 1.82) is 0 Å². The number of hydrogen-bond donors (Lipinski definition) is 7. The van der Waals surface area contributed by atoms with E-state index in [2.05, 4.69) is 0 Å². The summed E-state index contributed by atoms with van der Waals surface area (Å²) in [5, 5.41) is 28.5.